The number of benzene rings is 2. The Bertz CT molecular complexity index is 883. The number of hydrogen-bond donors (Lipinski definition) is 1. The highest BCUT2D eigenvalue weighted by atomic mass is 35.5. The lowest BCUT2D eigenvalue weighted by molar-refractivity contribution is -0.0600. The van der Waals surface area contributed by atoms with Crippen molar-refractivity contribution in [1.29, 1.82) is 0 Å². The highest BCUT2D eigenvalue weighted by molar-refractivity contribution is 6.31. The predicted octanol–water partition coefficient (Wildman–Crippen LogP) is 4.65. The van der Waals surface area contributed by atoms with Crippen LogP contribution in [-0.4, -0.2) is 53.2 Å². The highest BCUT2D eigenvalue weighted by Gasteiger charge is 2.26. The molecule has 0 aliphatic carbocycles. The van der Waals surface area contributed by atoms with E-state index in [2.05, 4.69) is 10.1 Å². The van der Waals surface area contributed by atoms with Crippen molar-refractivity contribution in [1.82, 2.24) is 4.90 Å². The molecule has 1 N–H and O–H groups in total. The Morgan fingerprint density at radius 2 is 1.94 bits per heavy atom. The molecule has 5 nitrogen and oxygen atoms in total. The first-order valence-electron chi connectivity index (χ1n) is 10.5. The maximum atomic E-state index is 13.2. The first-order valence-corrected chi connectivity index (χ1v) is 10.8. The van der Waals surface area contributed by atoms with Gasteiger partial charge in [0.15, 0.2) is 0 Å². The molecule has 3 rings (SSSR count). The molecule has 0 spiro atoms. The molecule has 0 saturated carbocycles. The fourth-order valence-electron chi connectivity index (χ4n) is 3.40. The molecule has 168 valence electrons. The Kier molecular flexibility index (Phi) is 8.06. The van der Waals surface area contributed by atoms with Crippen LogP contribution in [0.3, 0.4) is 0 Å². The van der Waals surface area contributed by atoms with Crippen LogP contribution < -0.4 is 0 Å². The molecule has 0 amide bonds. The molecule has 1 aliphatic rings. The van der Waals surface area contributed by atoms with E-state index in [0.29, 0.717) is 31.1 Å². The van der Waals surface area contributed by atoms with Gasteiger partial charge in [-0.3, -0.25) is 4.90 Å². The van der Waals surface area contributed by atoms with Gasteiger partial charge >= 0.3 is 0 Å². The average Bonchev–Trinajstić information content (AvgIpc) is 3.16. The van der Waals surface area contributed by atoms with Crippen molar-refractivity contribution in [3.05, 3.63) is 70.5 Å². The summed E-state index contributed by atoms with van der Waals surface area (Å²) >= 11 is 6.36. The summed E-state index contributed by atoms with van der Waals surface area (Å²) < 4.78 is 18.9. The Hall–Kier alpha value is -1.99. The Labute approximate surface area is 188 Å². The number of aliphatic hydroxyl groups is 1. The molecule has 0 saturated heterocycles. The van der Waals surface area contributed by atoms with Gasteiger partial charge in [0.25, 0.3) is 0 Å². The zero-order valence-corrected chi connectivity index (χ0v) is 19.0. The van der Waals surface area contributed by atoms with Gasteiger partial charge in [0.2, 0.25) is 0 Å². The van der Waals surface area contributed by atoms with Crippen molar-refractivity contribution in [2.24, 2.45) is 5.16 Å². The molecule has 0 bridgehead atoms. The second-order valence-corrected chi connectivity index (χ2v) is 9.25. The summed E-state index contributed by atoms with van der Waals surface area (Å²) in [5.74, 6) is -0.280. The molecular weight excluding hydrogens is 419 g/mol. The Morgan fingerprint density at radius 1 is 1.23 bits per heavy atom. The highest BCUT2D eigenvalue weighted by Crippen LogP contribution is 2.21. The summed E-state index contributed by atoms with van der Waals surface area (Å²) in [7, 11) is 0. The van der Waals surface area contributed by atoms with Gasteiger partial charge < -0.3 is 14.7 Å². The van der Waals surface area contributed by atoms with E-state index in [9.17, 15) is 9.50 Å². The lowest BCUT2D eigenvalue weighted by atomic mass is 10.0. The summed E-state index contributed by atoms with van der Waals surface area (Å²) in [5.41, 5.74) is 2.30. The maximum Gasteiger partial charge on any atom is 0.145 e. The van der Waals surface area contributed by atoms with Gasteiger partial charge in [-0.25, -0.2) is 4.39 Å². The normalized spacial score (nSPS) is 17.5. The summed E-state index contributed by atoms with van der Waals surface area (Å²) in [6.45, 7) is 7.66. The molecule has 0 unspecified atom stereocenters. The summed E-state index contributed by atoms with van der Waals surface area (Å²) in [4.78, 5) is 7.75. The largest absolute Gasteiger partial charge is 0.390 e. The van der Waals surface area contributed by atoms with E-state index in [1.165, 1.54) is 12.1 Å². The summed E-state index contributed by atoms with van der Waals surface area (Å²) in [6.07, 6.45) is -0.210. The van der Waals surface area contributed by atoms with E-state index in [0.717, 1.165) is 16.8 Å². The summed E-state index contributed by atoms with van der Waals surface area (Å²) in [5, 5.41) is 15.4. The zero-order chi connectivity index (χ0) is 22.4. The van der Waals surface area contributed by atoms with E-state index < -0.39 is 6.10 Å². The molecule has 2 atom stereocenters. The molecule has 2 aromatic rings. The van der Waals surface area contributed by atoms with E-state index in [4.69, 9.17) is 21.2 Å². The number of nitrogens with zero attached hydrogens (tertiary/aromatic N) is 2. The van der Waals surface area contributed by atoms with Crippen LogP contribution in [0.15, 0.2) is 53.7 Å². The number of hydrogen-bond acceptors (Lipinski definition) is 5. The van der Waals surface area contributed by atoms with Crippen LogP contribution in [0.5, 0.6) is 0 Å². The lowest BCUT2D eigenvalue weighted by Gasteiger charge is -2.29. The fraction of sp³-hybridized carbons (Fsp3) is 0.458. The molecule has 1 heterocycles. The summed E-state index contributed by atoms with van der Waals surface area (Å²) in [6, 6.07) is 13.9. The lowest BCUT2D eigenvalue weighted by Crippen LogP contribution is -2.40. The van der Waals surface area contributed by atoms with Crippen molar-refractivity contribution in [3.8, 4) is 0 Å². The van der Waals surface area contributed by atoms with Crippen molar-refractivity contribution in [2.75, 3.05) is 19.7 Å². The van der Waals surface area contributed by atoms with Crippen molar-refractivity contribution < 1.29 is 19.1 Å². The van der Waals surface area contributed by atoms with Gasteiger partial charge in [-0.2, -0.15) is 0 Å². The van der Waals surface area contributed by atoms with Gasteiger partial charge in [0, 0.05) is 31.1 Å². The van der Waals surface area contributed by atoms with E-state index in [1.54, 1.807) is 12.1 Å². The minimum atomic E-state index is -0.652. The number of ether oxygens (including phenoxy) is 1. The van der Waals surface area contributed by atoms with Crippen LogP contribution in [0.25, 0.3) is 0 Å². The SMILES string of the molecule is CC(C)(C)OC[C@@H](O)CN(Cc1ccccc1Cl)C[C@H]1CC(c2ccc(F)cc2)=NO1. The van der Waals surface area contributed by atoms with Gasteiger partial charge in [-0.15, -0.1) is 0 Å². The van der Waals surface area contributed by atoms with Crippen molar-refractivity contribution in [2.45, 2.75) is 51.5 Å². The quantitative estimate of drug-likeness (QED) is 0.606. The Morgan fingerprint density at radius 3 is 2.61 bits per heavy atom. The number of halogens is 2. The molecular formula is C24H30ClFN2O3. The molecule has 31 heavy (non-hydrogen) atoms. The first kappa shape index (κ1) is 23.7. The standard InChI is InChI=1S/C24H30ClFN2O3/c1-24(2,3)30-16-20(29)14-28(13-18-6-4-5-7-22(18)25)15-21-12-23(27-31-21)17-8-10-19(26)11-9-17/h4-11,20-21,29H,12-16H2,1-3H3/t20-,21+/m0/s1. The van der Waals surface area contributed by atoms with Gasteiger partial charge in [-0.05, 0) is 50.1 Å². The average molecular weight is 449 g/mol. The third-order valence-corrected chi connectivity index (χ3v) is 5.27. The molecule has 7 heteroatoms. The molecule has 0 aromatic heterocycles. The zero-order valence-electron chi connectivity index (χ0n) is 18.2. The Balaban J connectivity index is 1.63. The van der Waals surface area contributed by atoms with E-state index in [-0.39, 0.29) is 24.1 Å². The van der Waals surface area contributed by atoms with Gasteiger partial charge in [0.05, 0.1) is 24.0 Å². The molecule has 0 radical (unpaired) electrons. The third kappa shape index (κ3) is 7.58. The van der Waals surface area contributed by atoms with Crippen LogP contribution in [-0.2, 0) is 16.1 Å². The monoisotopic (exact) mass is 448 g/mol. The minimum Gasteiger partial charge on any atom is -0.390 e. The molecule has 2 aromatic carbocycles. The van der Waals surface area contributed by atoms with Crippen LogP contribution in [0.4, 0.5) is 4.39 Å². The third-order valence-electron chi connectivity index (χ3n) is 4.90. The van der Waals surface area contributed by atoms with Gasteiger partial charge in [-0.1, -0.05) is 47.1 Å². The maximum absolute atomic E-state index is 13.2. The minimum absolute atomic E-state index is 0.168. The van der Waals surface area contributed by atoms with Gasteiger partial charge in [0.1, 0.15) is 11.9 Å². The number of rotatable bonds is 9. The molecule has 0 fully saturated rings. The van der Waals surface area contributed by atoms with Crippen molar-refractivity contribution in [3.63, 3.8) is 0 Å². The molecule has 1 aliphatic heterocycles. The van der Waals surface area contributed by atoms with E-state index >= 15 is 0 Å². The number of oxime groups is 1. The van der Waals surface area contributed by atoms with Crippen LogP contribution >= 0.6 is 11.6 Å². The second kappa shape index (κ2) is 10.6. The second-order valence-electron chi connectivity index (χ2n) is 8.84. The first-order chi connectivity index (χ1) is 14.7. The predicted molar refractivity (Wildman–Crippen MR) is 121 cm³/mol. The fourth-order valence-corrected chi connectivity index (χ4v) is 3.59. The van der Waals surface area contributed by atoms with Crippen LogP contribution in [0.1, 0.15) is 38.3 Å². The van der Waals surface area contributed by atoms with E-state index in [1.807, 2.05) is 45.0 Å². The smallest absolute Gasteiger partial charge is 0.145 e. The topological polar surface area (TPSA) is 54.3 Å². The number of aliphatic hydroxyl groups excluding tert-OH is 1. The van der Waals surface area contributed by atoms with Crippen molar-refractivity contribution >= 4 is 17.3 Å². The van der Waals surface area contributed by atoms with Crippen LogP contribution in [0.2, 0.25) is 5.02 Å². The van der Waals surface area contributed by atoms with Crippen LogP contribution in [0, 0.1) is 5.82 Å².